The van der Waals surface area contributed by atoms with Gasteiger partial charge in [0.15, 0.2) is 0 Å². The van der Waals surface area contributed by atoms with E-state index in [1.807, 2.05) is 23.9 Å². The third-order valence-corrected chi connectivity index (χ3v) is 3.73. The number of halogens is 1. The van der Waals surface area contributed by atoms with Crippen LogP contribution in [-0.2, 0) is 0 Å². The van der Waals surface area contributed by atoms with Gasteiger partial charge in [0.05, 0.1) is 0 Å². The number of hydrogen-bond donors (Lipinski definition) is 2. The predicted octanol–water partition coefficient (Wildman–Crippen LogP) is 3.56. The van der Waals surface area contributed by atoms with Crippen LogP contribution >= 0.6 is 27.7 Å². The standard InChI is InChI=1S/C12H18BrNOS/c1-8(7-16-3)14-9(2)11-6-10(13)4-5-12(11)15/h4-6,8-9,14-15H,7H2,1-3H3. The highest BCUT2D eigenvalue weighted by Crippen LogP contribution is 2.27. The summed E-state index contributed by atoms with van der Waals surface area (Å²) in [6.07, 6.45) is 2.10. The van der Waals surface area contributed by atoms with E-state index in [2.05, 4.69) is 41.3 Å². The van der Waals surface area contributed by atoms with Gasteiger partial charge in [0.2, 0.25) is 0 Å². The van der Waals surface area contributed by atoms with E-state index in [0.29, 0.717) is 11.8 Å². The molecular weight excluding hydrogens is 286 g/mol. The van der Waals surface area contributed by atoms with E-state index in [-0.39, 0.29) is 6.04 Å². The summed E-state index contributed by atoms with van der Waals surface area (Å²) in [6.45, 7) is 4.22. The lowest BCUT2D eigenvalue weighted by atomic mass is 10.1. The van der Waals surface area contributed by atoms with Gasteiger partial charge >= 0.3 is 0 Å². The minimum Gasteiger partial charge on any atom is -0.508 e. The molecule has 0 aliphatic heterocycles. The van der Waals surface area contributed by atoms with Crippen LogP contribution in [0.1, 0.15) is 25.5 Å². The van der Waals surface area contributed by atoms with Gasteiger partial charge in [0, 0.05) is 27.9 Å². The van der Waals surface area contributed by atoms with Gasteiger partial charge in [-0.3, -0.25) is 0 Å². The molecule has 2 atom stereocenters. The molecular formula is C12H18BrNOS. The molecule has 16 heavy (non-hydrogen) atoms. The Kier molecular flexibility index (Phi) is 5.66. The second-order valence-electron chi connectivity index (χ2n) is 3.95. The van der Waals surface area contributed by atoms with Crippen LogP contribution in [0.3, 0.4) is 0 Å². The first-order valence-electron chi connectivity index (χ1n) is 5.28. The minimum absolute atomic E-state index is 0.152. The van der Waals surface area contributed by atoms with Crippen LogP contribution in [0.5, 0.6) is 5.75 Å². The summed E-state index contributed by atoms with van der Waals surface area (Å²) >= 11 is 5.24. The summed E-state index contributed by atoms with van der Waals surface area (Å²) in [6, 6.07) is 6.11. The highest BCUT2D eigenvalue weighted by Gasteiger charge is 2.12. The van der Waals surface area contributed by atoms with Crippen molar-refractivity contribution in [2.75, 3.05) is 12.0 Å². The van der Waals surface area contributed by atoms with Crippen LogP contribution in [0.4, 0.5) is 0 Å². The fraction of sp³-hybridized carbons (Fsp3) is 0.500. The van der Waals surface area contributed by atoms with E-state index in [9.17, 15) is 5.11 Å². The van der Waals surface area contributed by atoms with E-state index in [1.54, 1.807) is 6.07 Å². The van der Waals surface area contributed by atoms with E-state index >= 15 is 0 Å². The maximum atomic E-state index is 9.78. The molecule has 0 aliphatic carbocycles. The van der Waals surface area contributed by atoms with Crippen molar-refractivity contribution in [3.63, 3.8) is 0 Å². The van der Waals surface area contributed by atoms with E-state index < -0.39 is 0 Å². The highest BCUT2D eigenvalue weighted by molar-refractivity contribution is 9.10. The molecule has 0 amide bonds. The summed E-state index contributed by atoms with van der Waals surface area (Å²) in [4.78, 5) is 0. The highest BCUT2D eigenvalue weighted by atomic mass is 79.9. The minimum atomic E-state index is 0.152. The number of rotatable bonds is 5. The lowest BCUT2D eigenvalue weighted by Gasteiger charge is -2.20. The molecule has 1 aromatic carbocycles. The predicted molar refractivity (Wildman–Crippen MR) is 75.2 cm³/mol. The Labute approximate surface area is 110 Å². The van der Waals surface area contributed by atoms with Gasteiger partial charge in [-0.25, -0.2) is 0 Å². The Morgan fingerprint density at radius 1 is 1.44 bits per heavy atom. The molecule has 4 heteroatoms. The normalized spacial score (nSPS) is 14.8. The summed E-state index contributed by atoms with van der Waals surface area (Å²) in [5.74, 6) is 1.42. The molecule has 0 bridgehead atoms. The fourth-order valence-corrected chi connectivity index (χ4v) is 2.66. The lowest BCUT2D eigenvalue weighted by Crippen LogP contribution is -2.30. The van der Waals surface area contributed by atoms with Crippen LogP contribution in [0.2, 0.25) is 0 Å². The van der Waals surface area contributed by atoms with Crippen molar-refractivity contribution in [1.29, 1.82) is 0 Å². The van der Waals surface area contributed by atoms with Gasteiger partial charge in [-0.1, -0.05) is 15.9 Å². The number of nitrogens with one attached hydrogen (secondary N) is 1. The number of phenolic OH excluding ortho intramolecular Hbond substituents is 1. The second kappa shape index (κ2) is 6.52. The van der Waals surface area contributed by atoms with Crippen LogP contribution in [0.25, 0.3) is 0 Å². The quantitative estimate of drug-likeness (QED) is 0.872. The molecule has 1 rings (SSSR count). The van der Waals surface area contributed by atoms with Crippen molar-refractivity contribution < 1.29 is 5.11 Å². The number of thioether (sulfide) groups is 1. The third kappa shape index (κ3) is 4.00. The first-order valence-corrected chi connectivity index (χ1v) is 7.46. The first-order chi connectivity index (χ1) is 7.54. The van der Waals surface area contributed by atoms with Crippen molar-refractivity contribution in [2.45, 2.75) is 25.9 Å². The van der Waals surface area contributed by atoms with Crippen molar-refractivity contribution >= 4 is 27.7 Å². The van der Waals surface area contributed by atoms with Gasteiger partial charge in [-0.05, 0) is 38.3 Å². The van der Waals surface area contributed by atoms with Crippen LogP contribution in [0.15, 0.2) is 22.7 Å². The molecule has 90 valence electrons. The van der Waals surface area contributed by atoms with Crippen molar-refractivity contribution in [3.05, 3.63) is 28.2 Å². The topological polar surface area (TPSA) is 32.3 Å². The number of aromatic hydroxyl groups is 1. The molecule has 0 spiro atoms. The van der Waals surface area contributed by atoms with E-state index in [0.717, 1.165) is 15.8 Å². The summed E-state index contributed by atoms with van der Waals surface area (Å²) in [5, 5.41) is 13.2. The van der Waals surface area contributed by atoms with Gasteiger partial charge in [-0.2, -0.15) is 11.8 Å². The van der Waals surface area contributed by atoms with Crippen molar-refractivity contribution in [3.8, 4) is 5.75 Å². The molecule has 1 aromatic rings. The van der Waals surface area contributed by atoms with Gasteiger partial charge in [-0.15, -0.1) is 0 Å². The van der Waals surface area contributed by atoms with Crippen LogP contribution < -0.4 is 5.32 Å². The van der Waals surface area contributed by atoms with Gasteiger partial charge < -0.3 is 10.4 Å². The average Bonchev–Trinajstić information content (AvgIpc) is 2.21. The molecule has 0 heterocycles. The Morgan fingerprint density at radius 2 is 2.12 bits per heavy atom. The molecule has 0 saturated carbocycles. The average molecular weight is 304 g/mol. The monoisotopic (exact) mass is 303 g/mol. The summed E-state index contributed by atoms with van der Waals surface area (Å²) in [5.41, 5.74) is 0.933. The van der Waals surface area contributed by atoms with Gasteiger partial charge in [0.25, 0.3) is 0 Å². The van der Waals surface area contributed by atoms with E-state index in [4.69, 9.17) is 0 Å². The Balaban J connectivity index is 2.72. The summed E-state index contributed by atoms with van der Waals surface area (Å²) < 4.78 is 0.992. The molecule has 2 unspecified atom stereocenters. The molecule has 0 fully saturated rings. The molecule has 0 aromatic heterocycles. The SMILES string of the molecule is CSCC(C)NC(C)c1cc(Br)ccc1O. The maximum absolute atomic E-state index is 9.78. The first kappa shape index (κ1) is 13.9. The molecule has 0 radical (unpaired) electrons. The Morgan fingerprint density at radius 3 is 2.75 bits per heavy atom. The zero-order valence-corrected chi connectivity index (χ0v) is 12.2. The molecule has 2 nitrogen and oxygen atoms in total. The fourth-order valence-electron chi connectivity index (χ4n) is 1.69. The third-order valence-electron chi connectivity index (χ3n) is 2.41. The van der Waals surface area contributed by atoms with Crippen LogP contribution in [-0.4, -0.2) is 23.2 Å². The molecule has 2 N–H and O–H groups in total. The summed E-state index contributed by atoms with van der Waals surface area (Å²) in [7, 11) is 0. The van der Waals surface area contributed by atoms with Gasteiger partial charge in [0.1, 0.15) is 5.75 Å². The smallest absolute Gasteiger partial charge is 0.120 e. The number of hydrogen-bond acceptors (Lipinski definition) is 3. The molecule has 0 saturated heterocycles. The zero-order chi connectivity index (χ0) is 12.1. The van der Waals surface area contributed by atoms with Crippen molar-refractivity contribution in [2.24, 2.45) is 0 Å². The number of phenols is 1. The van der Waals surface area contributed by atoms with Crippen LogP contribution in [0, 0.1) is 0 Å². The maximum Gasteiger partial charge on any atom is 0.120 e. The Bertz CT molecular complexity index is 346. The second-order valence-corrected chi connectivity index (χ2v) is 5.77. The largest absolute Gasteiger partial charge is 0.508 e. The van der Waals surface area contributed by atoms with E-state index in [1.165, 1.54) is 0 Å². The molecule has 0 aliphatic rings. The Hall–Kier alpha value is -0.190. The lowest BCUT2D eigenvalue weighted by molar-refractivity contribution is 0.443. The number of benzene rings is 1. The van der Waals surface area contributed by atoms with Crippen molar-refractivity contribution in [1.82, 2.24) is 5.32 Å². The zero-order valence-electron chi connectivity index (χ0n) is 9.83.